The van der Waals surface area contributed by atoms with Crippen LogP contribution in [0, 0.1) is 6.92 Å². The van der Waals surface area contributed by atoms with E-state index in [4.69, 9.17) is 9.47 Å². The molecule has 0 unspecified atom stereocenters. The second kappa shape index (κ2) is 11.6. The van der Waals surface area contributed by atoms with Gasteiger partial charge in [-0.15, -0.1) is 13.2 Å². The zero-order valence-corrected chi connectivity index (χ0v) is 24.2. The number of carbonyl (C=O) groups is 1. The molecule has 0 radical (unpaired) electrons. The van der Waals surface area contributed by atoms with Gasteiger partial charge in [-0.1, -0.05) is 37.1 Å². The fraction of sp³-hybridized carbons (Fsp3) is 0.387. The van der Waals surface area contributed by atoms with Crippen LogP contribution < -0.4 is 9.47 Å². The van der Waals surface area contributed by atoms with Crippen molar-refractivity contribution in [3.63, 3.8) is 0 Å². The number of fused-ring (bicyclic) bond motifs is 2. The number of nitrogens with zero attached hydrogens (tertiary/aromatic N) is 1. The lowest BCUT2D eigenvalue weighted by Gasteiger charge is -2.41. The van der Waals surface area contributed by atoms with E-state index in [1.54, 1.807) is 26.0 Å². The minimum Gasteiger partial charge on any atom is -0.482 e. The molecule has 0 atom stereocenters. The summed E-state index contributed by atoms with van der Waals surface area (Å²) in [5, 5.41) is 0. The highest BCUT2D eigenvalue weighted by molar-refractivity contribution is 7.89. The molecule has 1 aliphatic heterocycles. The molecule has 2 aliphatic rings. The molecule has 5 rings (SSSR count). The summed E-state index contributed by atoms with van der Waals surface area (Å²) in [6, 6.07) is 16.1. The number of halogens is 3. The summed E-state index contributed by atoms with van der Waals surface area (Å²) in [7, 11) is -3.91. The molecular formula is C31H32F3NO6S. The third-order valence-electron chi connectivity index (χ3n) is 7.90. The van der Waals surface area contributed by atoms with Crippen LogP contribution in [0.5, 0.6) is 11.5 Å². The predicted molar refractivity (Wildman–Crippen MR) is 150 cm³/mol. The molecule has 224 valence electrons. The third kappa shape index (κ3) is 6.27. The summed E-state index contributed by atoms with van der Waals surface area (Å²) in [4.78, 5) is 11.8. The van der Waals surface area contributed by atoms with E-state index in [1.165, 1.54) is 34.6 Å². The van der Waals surface area contributed by atoms with Crippen LogP contribution in [0.3, 0.4) is 0 Å². The maximum Gasteiger partial charge on any atom is 0.573 e. The van der Waals surface area contributed by atoms with Crippen LogP contribution in [0.2, 0.25) is 0 Å². The molecule has 3 aromatic rings. The van der Waals surface area contributed by atoms with Crippen LogP contribution in [-0.2, 0) is 31.5 Å². The molecule has 7 nitrogen and oxygen atoms in total. The average molecular weight is 604 g/mol. The molecular weight excluding hydrogens is 571 g/mol. The van der Waals surface area contributed by atoms with Crippen LogP contribution in [0.25, 0.3) is 11.1 Å². The van der Waals surface area contributed by atoms with E-state index in [9.17, 15) is 26.4 Å². The van der Waals surface area contributed by atoms with Crippen molar-refractivity contribution < 1.29 is 40.6 Å². The van der Waals surface area contributed by atoms with E-state index >= 15 is 0 Å². The first-order valence-corrected chi connectivity index (χ1v) is 15.2. The molecule has 0 N–H and O–H groups in total. The monoisotopic (exact) mass is 603 g/mol. The van der Waals surface area contributed by atoms with Gasteiger partial charge >= 0.3 is 12.3 Å². The summed E-state index contributed by atoms with van der Waals surface area (Å²) in [6.07, 6.45) is -1.14. The summed E-state index contributed by atoms with van der Waals surface area (Å²) in [5.41, 5.74) is 3.37. The molecule has 1 spiro atoms. The Kier molecular flexibility index (Phi) is 8.26. The van der Waals surface area contributed by atoms with Crippen molar-refractivity contribution in [2.45, 2.75) is 62.7 Å². The largest absolute Gasteiger partial charge is 0.573 e. The highest BCUT2D eigenvalue weighted by atomic mass is 32.2. The number of hydrogen-bond donors (Lipinski definition) is 0. The number of esters is 1. The van der Waals surface area contributed by atoms with Gasteiger partial charge in [0.05, 0.1) is 11.5 Å². The molecule has 0 aromatic heterocycles. The lowest BCUT2D eigenvalue weighted by atomic mass is 9.74. The topological polar surface area (TPSA) is 82.1 Å². The van der Waals surface area contributed by atoms with Gasteiger partial charge in [0.2, 0.25) is 10.0 Å². The van der Waals surface area contributed by atoms with E-state index in [0.29, 0.717) is 29.0 Å². The highest BCUT2D eigenvalue weighted by Gasteiger charge is 2.45. The second-order valence-electron chi connectivity index (χ2n) is 10.7. The van der Waals surface area contributed by atoms with Gasteiger partial charge in [0.25, 0.3) is 0 Å². The molecule has 11 heteroatoms. The molecule has 0 bridgehead atoms. The first-order chi connectivity index (χ1) is 19.9. The average Bonchev–Trinajstić information content (AvgIpc) is 3.40. The van der Waals surface area contributed by atoms with Gasteiger partial charge in [-0.2, -0.15) is 4.31 Å². The molecule has 1 heterocycles. The zero-order chi connectivity index (χ0) is 30.1. The summed E-state index contributed by atoms with van der Waals surface area (Å²) >= 11 is 0. The maximum absolute atomic E-state index is 14.0. The SMILES string of the molecule is CCOC(=O)COc1ccc(S(=O)(=O)N2Cc3cc(-c4cccc(OC(F)(F)F)c4)ccc3C3(CCCC3)C2)cc1C. The molecule has 42 heavy (non-hydrogen) atoms. The normalized spacial score (nSPS) is 16.7. The number of rotatable bonds is 8. The van der Waals surface area contributed by atoms with E-state index in [1.807, 2.05) is 18.2 Å². The van der Waals surface area contributed by atoms with Crippen molar-refractivity contribution >= 4 is 16.0 Å². The third-order valence-corrected chi connectivity index (χ3v) is 9.69. The van der Waals surface area contributed by atoms with Gasteiger partial charge in [-0.25, -0.2) is 13.2 Å². The lowest BCUT2D eigenvalue weighted by Crippen LogP contribution is -2.46. The first-order valence-electron chi connectivity index (χ1n) is 13.8. The number of carbonyl (C=O) groups excluding carboxylic acids is 1. The summed E-state index contributed by atoms with van der Waals surface area (Å²) < 4.78 is 82.3. The van der Waals surface area contributed by atoms with Crippen molar-refractivity contribution in [1.29, 1.82) is 0 Å². The van der Waals surface area contributed by atoms with E-state index in [0.717, 1.165) is 36.8 Å². The molecule has 1 saturated carbocycles. The van der Waals surface area contributed by atoms with Gasteiger partial charge in [0.15, 0.2) is 6.61 Å². The quantitative estimate of drug-likeness (QED) is 0.273. The Balaban J connectivity index is 1.45. The molecule has 0 amide bonds. The van der Waals surface area contributed by atoms with Crippen molar-refractivity contribution in [1.82, 2.24) is 4.31 Å². The van der Waals surface area contributed by atoms with Gasteiger partial charge < -0.3 is 14.2 Å². The number of ether oxygens (including phenoxy) is 3. The van der Waals surface area contributed by atoms with Crippen LogP contribution in [0.15, 0.2) is 65.6 Å². The Morgan fingerprint density at radius 1 is 1.00 bits per heavy atom. The van der Waals surface area contributed by atoms with Crippen LogP contribution in [0.4, 0.5) is 13.2 Å². The Labute approximate surface area is 243 Å². The first kappa shape index (κ1) is 29.9. The Morgan fingerprint density at radius 3 is 2.43 bits per heavy atom. The zero-order valence-electron chi connectivity index (χ0n) is 23.4. The van der Waals surface area contributed by atoms with E-state index in [-0.39, 0.29) is 35.8 Å². The van der Waals surface area contributed by atoms with Gasteiger partial charge in [-0.05, 0) is 90.9 Å². The fourth-order valence-corrected chi connectivity index (χ4v) is 7.63. The lowest BCUT2D eigenvalue weighted by molar-refractivity contribution is -0.274. The Hall–Kier alpha value is -3.57. The van der Waals surface area contributed by atoms with Gasteiger partial charge in [0, 0.05) is 18.5 Å². The van der Waals surface area contributed by atoms with Crippen molar-refractivity contribution in [2.24, 2.45) is 0 Å². The van der Waals surface area contributed by atoms with Crippen molar-refractivity contribution in [3.8, 4) is 22.6 Å². The summed E-state index contributed by atoms with van der Waals surface area (Å²) in [6.45, 7) is 3.84. The smallest absolute Gasteiger partial charge is 0.482 e. The molecule has 1 fully saturated rings. The number of benzene rings is 3. The number of alkyl halides is 3. The summed E-state index contributed by atoms with van der Waals surface area (Å²) in [5.74, 6) is -0.444. The number of aryl methyl sites for hydroxylation is 1. The van der Waals surface area contributed by atoms with Crippen molar-refractivity contribution in [3.05, 3.63) is 77.4 Å². The number of sulfonamides is 1. The van der Waals surface area contributed by atoms with Crippen LogP contribution in [-0.4, -0.2) is 44.8 Å². The Morgan fingerprint density at radius 2 is 1.74 bits per heavy atom. The number of hydrogen-bond acceptors (Lipinski definition) is 6. The second-order valence-corrected chi connectivity index (χ2v) is 12.7. The minimum atomic E-state index is -4.80. The maximum atomic E-state index is 14.0. The van der Waals surface area contributed by atoms with E-state index < -0.39 is 22.4 Å². The van der Waals surface area contributed by atoms with Gasteiger partial charge in [-0.3, -0.25) is 0 Å². The van der Waals surface area contributed by atoms with Crippen molar-refractivity contribution in [2.75, 3.05) is 19.8 Å². The molecule has 3 aromatic carbocycles. The van der Waals surface area contributed by atoms with Crippen LogP contribution >= 0.6 is 0 Å². The Bertz CT molecular complexity index is 1580. The minimum absolute atomic E-state index is 0.119. The van der Waals surface area contributed by atoms with Crippen LogP contribution in [0.1, 0.15) is 49.3 Å². The standard InChI is InChI=1S/C31H32F3NO6S/c1-3-39-29(36)19-40-28-12-10-26(15-21(28)2)42(37,38)35-18-24-16-23(9-11-27(24)30(20-35)13-4-5-14-30)22-7-6-8-25(17-22)41-31(32,33)34/h6-12,15-17H,3-5,13-14,18-20H2,1-2H3. The molecule has 0 saturated heterocycles. The predicted octanol–water partition coefficient (Wildman–Crippen LogP) is 6.52. The molecule has 1 aliphatic carbocycles. The van der Waals surface area contributed by atoms with Gasteiger partial charge in [0.1, 0.15) is 11.5 Å². The fourth-order valence-electron chi connectivity index (χ4n) is 6.04. The highest BCUT2D eigenvalue weighted by Crippen LogP contribution is 2.48. The van der Waals surface area contributed by atoms with E-state index in [2.05, 4.69) is 4.74 Å².